The minimum absolute atomic E-state index is 0.114. The van der Waals surface area contributed by atoms with Crippen LogP contribution >= 0.6 is 0 Å². The van der Waals surface area contributed by atoms with E-state index in [4.69, 9.17) is 21.0 Å². The zero-order valence-corrected chi connectivity index (χ0v) is 12.2. The van der Waals surface area contributed by atoms with Crippen LogP contribution < -0.4 is 14.8 Å². The van der Waals surface area contributed by atoms with E-state index in [9.17, 15) is 0 Å². The summed E-state index contributed by atoms with van der Waals surface area (Å²) in [6, 6.07) is 5.87. The van der Waals surface area contributed by atoms with Crippen LogP contribution in [0.2, 0.25) is 0 Å². The van der Waals surface area contributed by atoms with Crippen LogP contribution in [-0.2, 0) is 6.54 Å². The zero-order valence-electron chi connectivity index (χ0n) is 12.2. The summed E-state index contributed by atoms with van der Waals surface area (Å²) in [5, 5.41) is 12.4. The molecule has 110 valence electrons. The van der Waals surface area contributed by atoms with Gasteiger partial charge in [0.2, 0.25) is 0 Å². The average molecular weight is 277 g/mol. The number of hydrogen-bond acceptors (Lipinski definition) is 4. The van der Waals surface area contributed by atoms with Crippen molar-refractivity contribution in [3.63, 3.8) is 0 Å². The Morgan fingerprint density at radius 1 is 1.30 bits per heavy atom. The summed E-state index contributed by atoms with van der Waals surface area (Å²) >= 11 is 0. The van der Waals surface area contributed by atoms with Crippen LogP contribution in [0.1, 0.15) is 25.8 Å². The van der Waals surface area contributed by atoms with Gasteiger partial charge in [-0.2, -0.15) is 0 Å². The van der Waals surface area contributed by atoms with Gasteiger partial charge in [0.25, 0.3) is 0 Å². The van der Waals surface area contributed by atoms with Gasteiger partial charge in [-0.25, -0.2) is 0 Å². The zero-order chi connectivity index (χ0) is 14.8. The Labute approximate surface area is 121 Å². The van der Waals surface area contributed by atoms with E-state index in [1.54, 1.807) is 0 Å². The van der Waals surface area contributed by atoms with Gasteiger partial charge < -0.3 is 19.9 Å². The number of nitrogens with one attached hydrogen (secondary N) is 1. The van der Waals surface area contributed by atoms with Crippen LogP contribution in [0.4, 0.5) is 0 Å². The van der Waals surface area contributed by atoms with Crippen LogP contribution in [0.25, 0.3) is 0 Å². The van der Waals surface area contributed by atoms with Crippen molar-refractivity contribution in [2.75, 3.05) is 19.8 Å². The van der Waals surface area contributed by atoms with Gasteiger partial charge in [0.1, 0.15) is 6.61 Å². The number of terminal acetylenes is 1. The summed E-state index contributed by atoms with van der Waals surface area (Å²) in [5.41, 5.74) is 1.08. The Bertz CT molecular complexity index is 436. The second kappa shape index (κ2) is 9.24. The maximum atomic E-state index is 9.16. The highest BCUT2D eigenvalue weighted by molar-refractivity contribution is 5.43. The smallest absolute Gasteiger partial charge is 0.162 e. The summed E-state index contributed by atoms with van der Waals surface area (Å²) in [6.45, 7) is 5.56. The van der Waals surface area contributed by atoms with Crippen molar-refractivity contribution in [2.45, 2.75) is 32.9 Å². The Morgan fingerprint density at radius 3 is 2.70 bits per heavy atom. The highest BCUT2D eigenvalue weighted by Gasteiger charge is 2.08. The van der Waals surface area contributed by atoms with Gasteiger partial charge in [0.05, 0.1) is 13.2 Å². The first-order valence-corrected chi connectivity index (χ1v) is 6.91. The highest BCUT2D eigenvalue weighted by atomic mass is 16.5. The van der Waals surface area contributed by atoms with Gasteiger partial charge >= 0.3 is 0 Å². The molecule has 0 saturated heterocycles. The molecule has 1 unspecified atom stereocenters. The van der Waals surface area contributed by atoms with E-state index in [0.717, 1.165) is 12.0 Å². The first-order chi connectivity index (χ1) is 9.74. The minimum atomic E-state index is 0.114. The predicted molar refractivity (Wildman–Crippen MR) is 79.9 cm³/mol. The van der Waals surface area contributed by atoms with Crippen molar-refractivity contribution >= 4 is 0 Å². The maximum absolute atomic E-state index is 9.16. The lowest BCUT2D eigenvalue weighted by molar-refractivity contribution is 0.238. The molecule has 0 bridgehead atoms. The Hall–Kier alpha value is -1.70. The molecule has 2 N–H and O–H groups in total. The fraction of sp³-hybridized carbons (Fsp3) is 0.500. The number of aliphatic hydroxyl groups excluding tert-OH is 1. The van der Waals surface area contributed by atoms with Crippen LogP contribution in [0.3, 0.4) is 0 Å². The molecule has 4 heteroatoms. The van der Waals surface area contributed by atoms with E-state index in [-0.39, 0.29) is 19.3 Å². The molecule has 0 aromatic heterocycles. The average Bonchev–Trinajstić information content (AvgIpc) is 2.48. The molecule has 1 atom stereocenters. The molecular formula is C16H23NO3. The second-order valence-corrected chi connectivity index (χ2v) is 4.38. The van der Waals surface area contributed by atoms with Gasteiger partial charge in [-0.15, -0.1) is 6.42 Å². The monoisotopic (exact) mass is 277 g/mol. The summed E-state index contributed by atoms with van der Waals surface area (Å²) in [4.78, 5) is 0. The maximum Gasteiger partial charge on any atom is 0.162 e. The summed E-state index contributed by atoms with van der Waals surface area (Å²) in [5.74, 6) is 3.79. The lowest BCUT2D eigenvalue weighted by atomic mass is 10.1. The van der Waals surface area contributed by atoms with E-state index in [2.05, 4.69) is 11.2 Å². The third kappa shape index (κ3) is 5.12. The largest absolute Gasteiger partial charge is 0.490 e. The van der Waals surface area contributed by atoms with Gasteiger partial charge in [0.15, 0.2) is 11.5 Å². The van der Waals surface area contributed by atoms with Crippen LogP contribution in [0, 0.1) is 12.3 Å². The van der Waals surface area contributed by atoms with E-state index in [1.807, 2.05) is 32.0 Å². The van der Waals surface area contributed by atoms with Crippen LogP contribution in [0.5, 0.6) is 11.5 Å². The molecule has 0 amide bonds. The molecule has 4 nitrogen and oxygen atoms in total. The molecule has 0 fully saturated rings. The summed E-state index contributed by atoms with van der Waals surface area (Å²) < 4.78 is 11.0. The van der Waals surface area contributed by atoms with Crippen molar-refractivity contribution in [2.24, 2.45) is 0 Å². The molecular weight excluding hydrogens is 254 g/mol. The Kier molecular flexibility index (Phi) is 7.56. The van der Waals surface area contributed by atoms with E-state index >= 15 is 0 Å². The molecule has 0 aliphatic carbocycles. The number of aliphatic hydroxyl groups is 1. The van der Waals surface area contributed by atoms with E-state index in [0.29, 0.717) is 24.7 Å². The molecule has 0 aliphatic rings. The topological polar surface area (TPSA) is 50.7 Å². The molecule has 0 heterocycles. The summed E-state index contributed by atoms with van der Waals surface area (Å²) in [7, 11) is 0. The highest BCUT2D eigenvalue weighted by Crippen LogP contribution is 2.28. The fourth-order valence-corrected chi connectivity index (χ4v) is 1.77. The first kappa shape index (κ1) is 16.4. The lowest BCUT2D eigenvalue weighted by Crippen LogP contribution is -2.31. The Morgan fingerprint density at radius 2 is 2.10 bits per heavy atom. The van der Waals surface area contributed by atoms with Crippen molar-refractivity contribution in [3.8, 4) is 23.8 Å². The second-order valence-electron chi connectivity index (χ2n) is 4.38. The van der Waals surface area contributed by atoms with Crippen molar-refractivity contribution in [1.29, 1.82) is 0 Å². The van der Waals surface area contributed by atoms with Crippen LogP contribution in [0.15, 0.2) is 18.2 Å². The van der Waals surface area contributed by atoms with Crippen LogP contribution in [-0.4, -0.2) is 31.0 Å². The molecule has 20 heavy (non-hydrogen) atoms. The normalized spacial score (nSPS) is 11.7. The SMILES string of the molecule is C#CCOc1ccc(CNC(CC)CO)cc1OCC. The van der Waals surface area contributed by atoms with Gasteiger partial charge in [-0.1, -0.05) is 18.9 Å². The number of rotatable bonds is 9. The molecule has 0 radical (unpaired) electrons. The standard InChI is InChI=1S/C16H23NO3/c1-4-9-20-15-8-7-13(10-16(15)19-6-3)11-17-14(5-2)12-18/h1,7-8,10,14,17-18H,5-6,9,11-12H2,2-3H3. The minimum Gasteiger partial charge on any atom is -0.490 e. The van der Waals surface area contributed by atoms with Gasteiger partial charge in [-0.3, -0.25) is 0 Å². The molecule has 1 aromatic rings. The number of ether oxygens (including phenoxy) is 2. The van der Waals surface area contributed by atoms with E-state index < -0.39 is 0 Å². The third-order valence-electron chi connectivity index (χ3n) is 2.93. The molecule has 0 spiro atoms. The number of benzene rings is 1. The predicted octanol–water partition coefficient (Wildman–Crippen LogP) is 1.96. The first-order valence-electron chi connectivity index (χ1n) is 6.91. The number of hydrogen-bond donors (Lipinski definition) is 2. The van der Waals surface area contributed by atoms with Crippen molar-refractivity contribution in [1.82, 2.24) is 5.32 Å². The van der Waals surface area contributed by atoms with Crippen molar-refractivity contribution in [3.05, 3.63) is 23.8 Å². The quantitative estimate of drug-likeness (QED) is 0.678. The van der Waals surface area contributed by atoms with Gasteiger partial charge in [0, 0.05) is 12.6 Å². The third-order valence-corrected chi connectivity index (χ3v) is 2.93. The fourth-order valence-electron chi connectivity index (χ4n) is 1.77. The molecule has 0 saturated carbocycles. The Balaban J connectivity index is 2.73. The summed E-state index contributed by atoms with van der Waals surface area (Å²) in [6.07, 6.45) is 6.08. The van der Waals surface area contributed by atoms with Crippen molar-refractivity contribution < 1.29 is 14.6 Å². The van der Waals surface area contributed by atoms with E-state index in [1.165, 1.54) is 0 Å². The molecule has 1 aromatic carbocycles. The molecule has 0 aliphatic heterocycles. The molecule has 1 rings (SSSR count). The lowest BCUT2D eigenvalue weighted by Gasteiger charge is -2.16. The van der Waals surface area contributed by atoms with Gasteiger partial charge in [-0.05, 0) is 31.0 Å².